The SMILES string of the molecule is COc1cccc2sc(NC(=O)Cc3csc(NC(=O)c4cccs4)n3)nc12. The summed E-state index contributed by atoms with van der Waals surface area (Å²) in [5.74, 6) is 0.239. The Morgan fingerprint density at radius 1 is 1.07 bits per heavy atom. The Balaban J connectivity index is 1.39. The zero-order valence-corrected chi connectivity index (χ0v) is 17.0. The molecule has 142 valence electrons. The lowest BCUT2D eigenvalue weighted by Gasteiger charge is -2.00. The number of anilines is 2. The predicted molar refractivity (Wildman–Crippen MR) is 113 cm³/mol. The molecule has 0 radical (unpaired) electrons. The number of carbonyl (C=O) groups is 2. The maximum atomic E-state index is 12.3. The molecule has 0 atom stereocenters. The van der Waals surface area contributed by atoms with Crippen LogP contribution in [0.5, 0.6) is 5.75 Å². The van der Waals surface area contributed by atoms with Crippen molar-refractivity contribution in [3.63, 3.8) is 0 Å². The monoisotopic (exact) mass is 430 g/mol. The number of fused-ring (bicyclic) bond motifs is 1. The number of methoxy groups -OCH3 is 1. The third-order valence-corrected chi connectivity index (χ3v) is 6.32. The number of rotatable bonds is 6. The molecule has 0 saturated heterocycles. The molecule has 0 bridgehead atoms. The molecule has 0 saturated carbocycles. The maximum Gasteiger partial charge on any atom is 0.267 e. The summed E-state index contributed by atoms with van der Waals surface area (Å²) >= 11 is 4.02. The molecule has 7 nitrogen and oxygen atoms in total. The number of carbonyl (C=O) groups excluding carboxylic acids is 2. The van der Waals surface area contributed by atoms with Crippen LogP contribution in [-0.2, 0) is 11.2 Å². The quantitative estimate of drug-likeness (QED) is 0.477. The smallest absolute Gasteiger partial charge is 0.267 e. The van der Waals surface area contributed by atoms with Gasteiger partial charge in [0.05, 0.1) is 28.8 Å². The molecular weight excluding hydrogens is 416 g/mol. The molecule has 28 heavy (non-hydrogen) atoms. The molecule has 10 heteroatoms. The van der Waals surface area contributed by atoms with E-state index in [-0.39, 0.29) is 18.2 Å². The second-order valence-corrected chi connectivity index (χ2v) is 8.46. The molecule has 2 amide bonds. The van der Waals surface area contributed by atoms with Crippen molar-refractivity contribution in [2.45, 2.75) is 6.42 Å². The van der Waals surface area contributed by atoms with Crippen molar-refractivity contribution in [2.24, 2.45) is 0 Å². The number of benzene rings is 1. The van der Waals surface area contributed by atoms with Crippen LogP contribution in [0.3, 0.4) is 0 Å². The zero-order chi connectivity index (χ0) is 19.5. The molecule has 0 aliphatic rings. The zero-order valence-electron chi connectivity index (χ0n) is 14.6. The van der Waals surface area contributed by atoms with Crippen LogP contribution >= 0.6 is 34.0 Å². The molecule has 2 N–H and O–H groups in total. The summed E-state index contributed by atoms with van der Waals surface area (Å²) in [4.78, 5) is 33.7. The minimum absolute atomic E-state index is 0.0957. The first-order valence-electron chi connectivity index (χ1n) is 8.15. The first-order chi connectivity index (χ1) is 13.6. The van der Waals surface area contributed by atoms with Gasteiger partial charge >= 0.3 is 0 Å². The number of amides is 2. The Kier molecular flexibility index (Phi) is 5.33. The molecule has 0 unspecified atom stereocenters. The highest BCUT2D eigenvalue weighted by Gasteiger charge is 2.14. The molecule has 4 rings (SSSR count). The van der Waals surface area contributed by atoms with Crippen LogP contribution in [-0.4, -0.2) is 28.9 Å². The van der Waals surface area contributed by atoms with E-state index in [9.17, 15) is 9.59 Å². The van der Waals surface area contributed by atoms with E-state index in [1.165, 1.54) is 34.0 Å². The summed E-state index contributed by atoms with van der Waals surface area (Å²) in [5.41, 5.74) is 1.31. The number of para-hydroxylation sites is 1. The highest BCUT2D eigenvalue weighted by atomic mass is 32.1. The molecule has 0 aliphatic carbocycles. The van der Waals surface area contributed by atoms with Gasteiger partial charge < -0.3 is 10.1 Å². The first-order valence-corrected chi connectivity index (χ1v) is 10.7. The lowest BCUT2D eigenvalue weighted by molar-refractivity contribution is -0.115. The van der Waals surface area contributed by atoms with Crippen molar-refractivity contribution in [2.75, 3.05) is 17.7 Å². The molecule has 1 aromatic carbocycles. The standard InChI is InChI=1S/C18H14N4O3S3/c1-25-11-4-2-5-12-15(11)21-18(28-12)20-14(23)8-10-9-27-17(19-10)22-16(24)13-6-3-7-26-13/h2-7,9H,8H2,1H3,(H,19,22,24)(H,20,21,23). The number of thiophene rings is 1. The summed E-state index contributed by atoms with van der Waals surface area (Å²) in [7, 11) is 1.59. The Bertz CT molecular complexity index is 1130. The minimum atomic E-state index is -0.223. The van der Waals surface area contributed by atoms with Gasteiger partial charge in [-0.3, -0.25) is 14.9 Å². The second kappa shape index (κ2) is 8.05. The van der Waals surface area contributed by atoms with Gasteiger partial charge in [-0.2, -0.15) is 0 Å². The Morgan fingerprint density at radius 3 is 2.75 bits per heavy atom. The highest BCUT2D eigenvalue weighted by Crippen LogP contribution is 2.32. The van der Waals surface area contributed by atoms with Crippen molar-refractivity contribution in [1.82, 2.24) is 9.97 Å². The van der Waals surface area contributed by atoms with E-state index in [1.54, 1.807) is 18.6 Å². The van der Waals surface area contributed by atoms with Crippen LogP contribution in [0.15, 0.2) is 41.1 Å². The fraction of sp³-hybridized carbons (Fsp3) is 0.111. The number of thiazole rings is 2. The molecule has 3 aromatic heterocycles. The van der Waals surface area contributed by atoms with Crippen LogP contribution in [0.1, 0.15) is 15.4 Å². The van der Waals surface area contributed by atoms with E-state index in [1.807, 2.05) is 29.6 Å². The average Bonchev–Trinajstić information content (AvgIpc) is 3.41. The van der Waals surface area contributed by atoms with Gasteiger partial charge in [0.1, 0.15) is 11.3 Å². The van der Waals surface area contributed by atoms with E-state index >= 15 is 0 Å². The van der Waals surface area contributed by atoms with Crippen molar-refractivity contribution < 1.29 is 14.3 Å². The fourth-order valence-electron chi connectivity index (χ4n) is 2.48. The van der Waals surface area contributed by atoms with E-state index in [2.05, 4.69) is 20.6 Å². The van der Waals surface area contributed by atoms with Gasteiger partial charge in [0.25, 0.3) is 5.91 Å². The van der Waals surface area contributed by atoms with Crippen LogP contribution in [0, 0.1) is 0 Å². The summed E-state index contributed by atoms with van der Waals surface area (Å²) in [6, 6.07) is 9.19. The predicted octanol–water partition coefficient (Wildman–Crippen LogP) is 4.26. The van der Waals surface area contributed by atoms with E-state index in [4.69, 9.17) is 4.74 Å². The summed E-state index contributed by atoms with van der Waals surface area (Å²) in [6.07, 6.45) is 0.0957. The van der Waals surface area contributed by atoms with Crippen LogP contribution in [0.2, 0.25) is 0 Å². The van der Waals surface area contributed by atoms with Gasteiger partial charge in [-0.25, -0.2) is 9.97 Å². The van der Waals surface area contributed by atoms with Crippen LogP contribution in [0.4, 0.5) is 10.3 Å². The van der Waals surface area contributed by atoms with Gasteiger partial charge in [0, 0.05) is 5.38 Å². The van der Waals surface area contributed by atoms with Crippen molar-refractivity contribution in [3.8, 4) is 5.75 Å². The van der Waals surface area contributed by atoms with Crippen LogP contribution < -0.4 is 15.4 Å². The second-order valence-electron chi connectivity index (χ2n) is 5.63. The van der Waals surface area contributed by atoms with Crippen molar-refractivity contribution in [1.29, 1.82) is 0 Å². The number of ether oxygens (including phenoxy) is 1. The molecule has 4 aromatic rings. The van der Waals surface area contributed by atoms with Gasteiger partial charge in [0.2, 0.25) is 5.91 Å². The third-order valence-electron chi connectivity index (χ3n) is 3.71. The molecule has 0 spiro atoms. The Morgan fingerprint density at radius 2 is 1.96 bits per heavy atom. The van der Waals surface area contributed by atoms with E-state index in [0.717, 1.165) is 10.2 Å². The average molecular weight is 431 g/mol. The summed E-state index contributed by atoms with van der Waals surface area (Å²) in [5, 5.41) is 10.1. The summed E-state index contributed by atoms with van der Waals surface area (Å²) in [6.45, 7) is 0. The third kappa shape index (κ3) is 4.03. The Hall–Kier alpha value is -2.82. The molecule has 0 aliphatic heterocycles. The van der Waals surface area contributed by atoms with E-state index in [0.29, 0.717) is 26.6 Å². The number of hydrogen-bond acceptors (Lipinski definition) is 8. The minimum Gasteiger partial charge on any atom is -0.494 e. The number of nitrogens with one attached hydrogen (secondary N) is 2. The normalized spacial score (nSPS) is 10.8. The topological polar surface area (TPSA) is 93.2 Å². The Labute approximate surface area is 172 Å². The number of aromatic nitrogens is 2. The van der Waals surface area contributed by atoms with Gasteiger partial charge in [-0.05, 0) is 23.6 Å². The highest BCUT2D eigenvalue weighted by molar-refractivity contribution is 7.22. The molecular formula is C18H14N4O3S3. The van der Waals surface area contributed by atoms with Gasteiger partial charge in [0.15, 0.2) is 10.3 Å². The fourth-order valence-corrected chi connectivity index (χ4v) is 4.71. The first kappa shape index (κ1) is 18.5. The summed E-state index contributed by atoms with van der Waals surface area (Å²) < 4.78 is 6.22. The van der Waals surface area contributed by atoms with Crippen molar-refractivity contribution in [3.05, 3.63) is 51.7 Å². The number of hydrogen-bond donors (Lipinski definition) is 2. The van der Waals surface area contributed by atoms with Crippen molar-refractivity contribution >= 4 is 66.3 Å². The molecule has 3 heterocycles. The maximum absolute atomic E-state index is 12.3. The largest absolute Gasteiger partial charge is 0.494 e. The molecule has 0 fully saturated rings. The number of nitrogens with zero attached hydrogens (tertiary/aromatic N) is 2. The van der Waals surface area contributed by atoms with Crippen LogP contribution in [0.25, 0.3) is 10.2 Å². The lowest BCUT2D eigenvalue weighted by Crippen LogP contribution is -2.14. The van der Waals surface area contributed by atoms with E-state index < -0.39 is 0 Å². The van der Waals surface area contributed by atoms with Gasteiger partial charge in [-0.15, -0.1) is 22.7 Å². The lowest BCUT2D eigenvalue weighted by atomic mass is 10.3. The van der Waals surface area contributed by atoms with Gasteiger partial charge in [-0.1, -0.05) is 23.5 Å².